The van der Waals surface area contributed by atoms with Crippen LogP contribution in [-0.4, -0.2) is 18.7 Å². The Balaban J connectivity index is 2.12. The minimum absolute atomic E-state index is 0.471. The van der Waals surface area contributed by atoms with E-state index in [1.807, 2.05) is 38.1 Å². The normalized spacial score (nSPS) is 10.3. The molecule has 0 saturated heterocycles. The number of ether oxygens (including phenoxy) is 2. The van der Waals surface area contributed by atoms with Gasteiger partial charge in [-0.3, -0.25) is 0 Å². The number of methoxy groups -OCH3 is 1. The molecule has 0 aliphatic heterocycles. The highest BCUT2D eigenvalue weighted by Gasteiger charge is 2.06. The number of aromatic nitrogens is 1. The molecule has 1 aromatic carbocycles. The van der Waals surface area contributed by atoms with Crippen LogP contribution >= 0.6 is 11.6 Å². The number of anilines is 1. The molecule has 112 valence electrons. The second kappa shape index (κ2) is 7.18. The Hall–Kier alpha value is -1.94. The van der Waals surface area contributed by atoms with Crippen molar-refractivity contribution in [3.05, 3.63) is 46.7 Å². The van der Waals surface area contributed by atoms with Crippen LogP contribution in [0, 0.1) is 6.92 Å². The summed E-state index contributed by atoms with van der Waals surface area (Å²) in [5.41, 5.74) is 2.97. The first-order valence-electron chi connectivity index (χ1n) is 6.79. The van der Waals surface area contributed by atoms with Gasteiger partial charge in [0.15, 0.2) is 16.7 Å². The van der Waals surface area contributed by atoms with E-state index in [9.17, 15) is 0 Å². The Morgan fingerprint density at radius 3 is 2.76 bits per heavy atom. The number of halogens is 1. The average Bonchev–Trinajstić information content (AvgIpc) is 2.49. The van der Waals surface area contributed by atoms with Gasteiger partial charge in [0.1, 0.15) is 0 Å². The van der Waals surface area contributed by atoms with Gasteiger partial charge in [0.05, 0.1) is 19.4 Å². The van der Waals surface area contributed by atoms with Gasteiger partial charge >= 0.3 is 0 Å². The van der Waals surface area contributed by atoms with Gasteiger partial charge in [-0.2, -0.15) is 0 Å². The molecule has 5 heteroatoms. The molecular formula is C16H19ClN2O2. The molecule has 0 atom stereocenters. The van der Waals surface area contributed by atoms with Gasteiger partial charge in [0.2, 0.25) is 0 Å². The van der Waals surface area contributed by atoms with Crippen molar-refractivity contribution < 1.29 is 9.47 Å². The lowest BCUT2D eigenvalue weighted by molar-refractivity contribution is 0.310. The molecule has 2 aromatic rings. The first-order chi connectivity index (χ1) is 10.1. The summed E-state index contributed by atoms with van der Waals surface area (Å²) < 4.78 is 10.8. The van der Waals surface area contributed by atoms with Gasteiger partial charge < -0.3 is 14.8 Å². The summed E-state index contributed by atoms with van der Waals surface area (Å²) >= 11 is 6.07. The average molecular weight is 307 g/mol. The molecular weight excluding hydrogens is 288 g/mol. The fourth-order valence-corrected chi connectivity index (χ4v) is 2.14. The summed E-state index contributed by atoms with van der Waals surface area (Å²) in [6, 6.07) is 7.83. The highest BCUT2D eigenvalue weighted by atomic mass is 35.5. The zero-order valence-electron chi connectivity index (χ0n) is 12.4. The van der Waals surface area contributed by atoms with E-state index in [1.54, 1.807) is 13.3 Å². The number of hydrogen-bond donors (Lipinski definition) is 1. The summed E-state index contributed by atoms with van der Waals surface area (Å²) in [5, 5.41) is 3.76. The number of nitrogens with zero attached hydrogens (tertiary/aromatic N) is 1. The summed E-state index contributed by atoms with van der Waals surface area (Å²) in [7, 11) is 1.63. The van der Waals surface area contributed by atoms with Crippen LogP contribution in [0.3, 0.4) is 0 Å². The van der Waals surface area contributed by atoms with Crippen molar-refractivity contribution in [2.75, 3.05) is 19.0 Å². The van der Waals surface area contributed by atoms with Gasteiger partial charge in [-0.25, -0.2) is 4.98 Å². The maximum Gasteiger partial charge on any atom is 0.161 e. The molecule has 4 nitrogen and oxygen atoms in total. The molecule has 1 N–H and O–H groups in total. The number of hydrogen-bond acceptors (Lipinski definition) is 4. The first kappa shape index (κ1) is 15.4. The second-order valence-electron chi connectivity index (χ2n) is 4.62. The number of rotatable bonds is 6. The lowest BCUT2D eigenvalue weighted by Crippen LogP contribution is -2.02. The quantitative estimate of drug-likeness (QED) is 0.817. The summed E-state index contributed by atoms with van der Waals surface area (Å²) in [6.07, 6.45) is 1.74. The van der Waals surface area contributed by atoms with Crippen LogP contribution in [0.25, 0.3) is 0 Å². The van der Waals surface area contributed by atoms with E-state index >= 15 is 0 Å². The largest absolute Gasteiger partial charge is 0.493 e. The molecule has 0 radical (unpaired) electrons. The van der Waals surface area contributed by atoms with Crippen molar-refractivity contribution in [1.29, 1.82) is 0 Å². The van der Waals surface area contributed by atoms with Crippen LogP contribution in [0.4, 0.5) is 5.69 Å². The van der Waals surface area contributed by atoms with Crippen molar-refractivity contribution in [3.8, 4) is 11.5 Å². The van der Waals surface area contributed by atoms with Crippen LogP contribution in [0.15, 0.2) is 30.5 Å². The number of nitrogens with one attached hydrogen (secondary N) is 1. The van der Waals surface area contributed by atoms with Crippen molar-refractivity contribution >= 4 is 17.3 Å². The zero-order chi connectivity index (χ0) is 15.2. The predicted molar refractivity (Wildman–Crippen MR) is 85.5 cm³/mol. The van der Waals surface area contributed by atoms with E-state index in [1.165, 1.54) is 0 Å². The Morgan fingerprint density at radius 1 is 1.24 bits per heavy atom. The van der Waals surface area contributed by atoms with Gasteiger partial charge in [-0.1, -0.05) is 17.7 Å². The van der Waals surface area contributed by atoms with Crippen LogP contribution in [0.5, 0.6) is 11.5 Å². The van der Waals surface area contributed by atoms with E-state index < -0.39 is 0 Å². The predicted octanol–water partition coefficient (Wildman–Crippen LogP) is 4.06. The third kappa shape index (κ3) is 4.02. The monoisotopic (exact) mass is 306 g/mol. The molecule has 0 fully saturated rings. The second-order valence-corrected chi connectivity index (χ2v) is 4.98. The number of benzene rings is 1. The molecule has 0 aliphatic carbocycles. The summed E-state index contributed by atoms with van der Waals surface area (Å²) in [5.74, 6) is 1.48. The van der Waals surface area contributed by atoms with Gasteiger partial charge in [0.25, 0.3) is 0 Å². The highest BCUT2D eigenvalue weighted by Crippen LogP contribution is 2.28. The molecule has 0 aliphatic rings. The number of aryl methyl sites for hydroxylation is 1. The molecule has 0 spiro atoms. The Kier molecular flexibility index (Phi) is 5.28. The molecule has 1 aromatic heterocycles. The van der Waals surface area contributed by atoms with E-state index in [-0.39, 0.29) is 0 Å². The maximum absolute atomic E-state index is 6.07. The highest BCUT2D eigenvalue weighted by molar-refractivity contribution is 6.31. The SMILES string of the molecule is CCOc1cc(CNc2cc(C)cnc2Cl)ccc1OC. The molecule has 0 bridgehead atoms. The van der Waals surface area contributed by atoms with Gasteiger partial charge in [-0.05, 0) is 43.2 Å². The third-order valence-electron chi connectivity index (χ3n) is 2.99. The van der Waals surface area contributed by atoms with Crippen LogP contribution in [0.1, 0.15) is 18.1 Å². The topological polar surface area (TPSA) is 43.4 Å². The molecule has 0 amide bonds. The van der Waals surface area contributed by atoms with Gasteiger partial charge in [0, 0.05) is 12.7 Å². The molecule has 21 heavy (non-hydrogen) atoms. The molecule has 1 heterocycles. The summed E-state index contributed by atoms with van der Waals surface area (Å²) in [4.78, 5) is 4.12. The van der Waals surface area contributed by atoms with Crippen molar-refractivity contribution in [1.82, 2.24) is 4.98 Å². The molecule has 0 unspecified atom stereocenters. The van der Waals surface area contributed by atoms with Crippen molar-refractivity contribution in [2.24, 2.45) is 0 Å². The van der Waals surface area contributed by atoms with Crippen molar-refractivity contribution in [3.63, 3.8) is 0 Å². The summed E-state index contributed by atoms with van der Waals surface area (Å²) in [6.45, 7) is 5.16. The van der Waals surface area contributed by atoms with Crippen LogP contribution in [-0.2, 0) is 6.54 Å². The standard InChI is InChI=1S/C16H19ClN2O2/c1-4-21-15-8-12(5-6-14(15)20-3)10-18-13-7-11(2)9-19-16(13)17/h5-9,18H,4,10H2,1-3H3. The first-order valence-corrected chi connectivity index (χ1v) is 7.17. The van der Waals surface area contributed by atoms with Gasteiger partial charge in [-0.15, -0.1) is 0 Å². The van der Waals surface area contributed by atoms with Crippen LogP contribution < -0.4 is 14.8 Å². The Labute approximate surface area is 130 Å². The zero-order valence-corrected chi connectivity index (χ0v) is 13.2. The van der Waals surface area contributed by atoms with Crippen molar-refractivity contribution in [2.45, 2.75) is 20.4 Å². The lowest BCUT2D eigenvalue weighted by atomic mass is 10.2. The van der Waals surface area contributed by atoms with Crippen LogP contribution in [0.2, 0.25) is 5.15 Å². The smallest absolute Gasteiger partial charge is 0.161 e. The molecule has 2 rings (SSSR count). The van der Waals surface area contributed by atoms with E-state index in [4.69, 9.17) is 21.1 Å². The third-order valence-corrected chi connectivity index (χ3v) is 3.29. The number of pyridine rings is 1. The molecule has 0 saturated carbocycles. The fraction of sp³-hybridized carbons (Fsp3) is 0.312. The van der Waals surface area contributed by atoms with E-state index in [2.05, 4.69) is 10.3 Å². The Bertz CT molecular complexity index is 617. The van der Waals surface area contributed by atoms with E-state index in [0.29, 0.717) is 18.3 Å². The minimum atomic E-state index is 0.471. The van der Waals surface area contributed by atoms with E-state index in [0.717, 1.165) is 28.3 Å². The minimum Gasteiger partial charge on any atom is -0.493 e. The lowest BCUT2D eigenvalue weighted by Gasteiger charge is -2.12. The Morgan fingerprint density at radius 2 is 2.05 bits per heavy atom. The maximum atomic E-state index is 6.07. The fourth-order valence-electron chi connectivity index (χ4n) is 1.97.